The van der Waals surface area contributed by atoms with E-state index in [1.54, 1.807) is 17.4 Å². The van der Waals surface area contributed by atoms with E-state index in [4.69, 9.17) is 0 Å². The molecule has 0 N–H and O–H groups in total. The van der Waals surface area contributed by atoms with Gasteiger partial charge in [0.2, 0.25) is 0 Å². The molecule has 8 heteroatoms. The first kappa shape index (κ1) is 14.3. The van der Waals surface area contributed by atoms with Crippen molar-refractivity contribution in [1.29, 1.82) is 0 Å². The van der Waals surface area contributed by atoms with Gasteiger partial charge in [-0.15, -0.1) is 10.2 Å². The standard InChI is InChI=1S/C15H19FN6O/c16-15(3-1-4-15)14(23)21-6-2-7-22-12(18-19-13(22)10-21)9-20-8-5-17-11-20/h5,8,11H,1-4,6-7,9-10H2. The van der Waals surface area contributed by atoms with Gasteiger partial charge in [-0.05, 0) is 25.7 Å². The van der Waals surface area contributed by atoms with Crippen molar-refractivity contribution in [2.24, 2.45) is 0 Å². The van der Waals surface area contributed by atoms with Crippen molar-refractivity contribution in [3.05, 3.63) is 30.4 Å². The van der Waals surface area contributed by atoms with Gasteiger partial charge in [0.05, 0.1) is 19.4 Å². The van der Waals surface area contributed by atoms with Crippen LogP contribution in [0.1, 0.15) is 37.3 Å². The zero-order valence-electron chi connectivity index (χ0n) is 12.9. The van der Waals surface area contributed by atoms with Crippen LogP contribution in [0, 0.1) is 0 Å². The summed E-state index contributed by atoms with van der Waals surface area (Å²) in [6, 6.07) is 0. The predicted molar refractivity (Wildman–Crippen MR) is 79.1 cm³/mol. The third-order valence-corrected chi connectivity index (χ3v) is 4.75. The van der Waals surface area contributed by atoms with E-state index in [0.717, 1.165) is 31.0 Å². The van der Waals surface area contributed by atoms with Crippen LogP contribution in [0.4, 0.5) is 4.39 Å². The van der Waals surface area contributed by atoms with E-state index >= 15 is 0 Å². The molecule has 2 aliphatic rings. The smallest absolute Gasteiger partial charge is 0.260 e. The Kier molecular flexibility index (Phi) is 3.39. The molecule has 1 amide bonds. The van der Waals surface area contributed by atoms with Gasteiger partial charge in [0.15, 0.2) is 17.3 Å². The molecule has 1 fully saturated rings. The number of rotatable bonds is 3. The largest absolute Gasteiger partial charge is 0.332 e. The molecular weight excluding hydrogens is 299 g/mol. The summed E-state index contributed by atoms with van der Waals surface area (Å²) in [7, 11) is 0. The molecule has 0 atom stereocenters. The van der Waals surface area contributed by atoms with Gasteiger partial charge in [0, 0.05) is 25.5 Å². The quantitative estimate of drug-likeness (QED) is 0.851. The zero-order chi connectivity index (χ0) is 15.9. The number of alkyl halides is 1. The molecule has 0 spiro atoms. The summed E-state index contributed by atoms with van der Waals surface area (Å²) >= 11 is 0. The third kappa shape index (κ3) is 2.51. The number of aromatic nitrogens is 5. The fraction of sp³-hybridized carbons (Fsp3) is 0.600. The van der Waals surface area contributed by atoms with Crippen molar-refractivity contribution in [1.82, 2.24) is 29.2 Å². The van der Waals surface area contributed by atoms with E-state index in [1.807, 2.05) is 15.3 Å². The van der Waals surface area contributed by atoms with Crippen LogP contribution in [0.5, 0.6) is 0 Å². The van der Waals surface area contributed by atoms with E-state index in [1.165, 1.54) is 0 Å². The lowest BCUT2D eigenvalue weighted by Gasteiger charge is -2.36. The van der Waals surface area contributed by atoms with Crippen molar-refractivity contribution < 1.29 is 9.18 Å². The van der Waals surface area contributed by atoms with Crippen LogP contribution < -0.4 is 0 Å². The fourth-order valence-electron chi connectivity index (χ4n) is 3.24. The number of amides is 1. The average Bonchev–Trinajstić information content (AvgIpc) is 3.10. The molecule has 0 bridgehead atoms. The molecule has 7 nitrogen and oxygen atoms in total. The molecule has 23 heavy (non-hydrogen) atoms. The monoisotopic (exact) mass is 318 g/mol. The highest BCUT2D eigenvalue weighted by Gasteiger charge is 2.47. The molecule has 1 saturated carbocycles. The minimum atomic E-state index is -1.64. The van der Waals surface area contributed by atoms with E-state index < -0.39 is 5.67 Å². The number of nitrogens with zero attached hydrogens (tertiary/aromatic N) is 6. The molecule has 0 aromatic carbocycles. The summed E-state index contributed by atoms with van der Waals surface area (Å²) in [6.45, 7) is 2.24. The lowest BCUT2D eigenvalue weighted by atomic mass is 9.81. The number of hydrogen-bond donors (Lipinski definition) is 0. The van der Waals surface area contributed by atoms with Crippen LogP contribution in [0.3, 0.4) is 0 Å². The Morgan fingerprint density at radius 2 is 2.13 bits per heavy atom. The highest BCUT2D eigenvalue weighted by molar-refractivity contribution is 5.86. The minimum Gasteiger partial charge on any atom is -0.332 e. The van der Waals surface area contributed by atoms with Crippen LogP contribution in [-0.2, 0) is 24.4 Å². The van der Waals surface area contributed by atoms with Crippen LogP contribution >= 0.6 is 0 Å². The Bertz CT molecular complexity index is 706. The van der Waals surface area contributed by atoms with E-state index in [2.05, 4.69) is 15.2 Å². The highest BCUT2D eigenvalue weighted by Crippen LogP contribution is 2.38. The molecule has 1 aliphatic carbocycles. The number of fused-ring (bicyclic) bond motifs is 1. The first-order chi connectivity index (χ1) is 11.2. The predicted octanol–water partition coefficient (Wildman–Crippen LogP) is 1.15. The van der Waals surface area contributed by atoms with Gasteiger partial charge < -0.3 is 14.0 Å². The number of carbonyl (C=O) groups is 1. The van der Waals surface area contributed by atoms with Crippen LogP contribution in [0.25, 0.3) is 0 Å². The molecule has 0 unspecified atom stereocenters. The summed E-state index contributed by atoms with van der Waals surface area (Å²) < 4.78 is 18.4. The lowest BCUT2D eigenvalue weighted by Crippen LogP contribution is -2.50. The lowest BCUT2D eigenvalue weighted by molar-refractivity contribution is -0.150. The van der Waals surface area contributed by atoms with E-state index in [9.17, 15) is 9.18 Å². The van der Waals surface area contributed by atoms with Crippen LogP contribution in [0.15, 0.2) is 18.7 Å². The van der Waals surface area contributed by atoms with Crippen molar-refractivity contribution in [3.8, 4) is 0 Å². The maximum Gasteiger partial charge on any atom is 0.260 e. The number of hydrogen-bond acceptors (Lipinski definition) is 4. The molecule has 3 heterocycles. The summed E-state index contributed by atoms with van der Waals surface area (Å²) in [5.74, 6) is 1.19. The topological polar surface area (TPSA) is 68.8 Å². The molecule has 122 valence electrons. The summed E-state index contributed by atoms with van der Waals surface area (Å²) in [5, 5.41) is 8.46. The highest BCUT2D eigenvalue weighted by atomic mass is 19.1. The summed E-state index contributed by atoms with van der Waals surface area (Å²) in [6.07, 6.45) is 7.60. The average molecular weight is 318 g/mol. The Morgan fingerprint density at radius 1 is 1.26 bits per heavy atom. The van der Waals surface area contributed by atoms with Crippen LogP contribution in [-0.4, -0.2) is 47.3 Å². The normalized spacial score (nSPS) is 19.8. The summed E-state index contributed by atoms with van der Waals surface area (Å²) in [5.41, 5.74) is -1.64. The first-order valence-corrected chi connectivity index (χ1v) is 8.01. The Labute approximate surface area is 133 Å². The van der Waals surface area contributed by atoms with Crippen molar-refractivity contribution >= 4 is 5.91 Å². The first-order valence-electron chi connectivity index (χ1n) is 8.01. The van der Waals surface area contributed by atoms with Gasteiger partial charge in [-0.1, -0.05) is 0 Å². The Hall–Kier alpha value is -2.25. The van der Waals surface area contributed by atoms with Gasteiger partial charge in [-0.2, -0.15) is 0 Å². The maximum absolute atomic E-state index is 14.4. The second-order valence-corrected chi connectivity index (χ2v) is 6.32. The SMILES string of the molecule is O=C(N1CCCn2c(nnc2Cn2ccnc2)C1)C1(F)CCC1. The molecule has 0 radical (unpaired) electrons. The molecule has 0 saturated heterocycles. The number of imidazole rings is 1. The molecule has 2 aromatic heterocycles. The van der Waals surface area contributed by atoms with Gasteiger partial charge in [-0.3, -0.25) is 4.79 Å². The molecule has 2 aromatic rings. The van der Waals surface area contributed by atoms with Crippen molar-refractivity contribution in [2.45, 2.75) is 51.0 Å². The van der Waals surface area contributed by atoms with E-state index in [0.29, 0.717) is 32.5 Å². The second-order valence-electron chi connectivity index (χ2n) is 6.32. The fourth-order valence-corrected chi connectivity index (χ4v) is 3.24. The third-order valence-electron chi connectivity index (χ3n) is 4.75. The molecular formula is C15H19FN6O. The zero-order valence-corrected chi connectivity index (χ0v) is 12.9. The molecule has 4 rings (SSSR count). The minimum absolute atomic E-state index is 0.335. The van der Waals surface area contributed by atoms with Gasteiger partial charge >= 0.3 is 0 Å². The second kappa shape index (κ2) is 5.43. The Morgan fingerprint density at radius 3 is 2.83 bits per heavy atom. The van der Waals surface area contributed by atoms with Gasteiger partial charge in [-0.25, -0.2) is 9.37 Å². The Balaban J connectivity index is 1.53. The van der Waals surface area contributed by atoms with Crippen LogP contribution in [0.2, 0.25) is 0 Å². The number of carbonyl (C=O) groups excluding carboxylic acids is 1. The van der Waals surface area contributed by atoms with Crippen molar-refractivity contribution in [2.75, 3.05) is 6.54 Å². The molecule has 1 aliphatic heterocycles. The summed E-state index contributed by atoms with van der Waals surface area (Å²) in [4.78, 5) is 18.0. The van der Waals surface area contributed by atoms with Gasteiger partial charge in [0.25, 0.3) is 5.91 Å². The number of halogens is 1. The maximum atomic E-state index is 14.4. The van der Waals surface area contributed by atoms with Crippen molar-refractivity contribution in [3.63, 3.8) is 0 Å². The van der Waals surface area contributed by atoms with E-state index in [-0.39, 0.29) is 5.91 Å². The van der Waals surface area contributed by atoms with Gasteiger partial charge in [0.1, 0.15) is 0 Å².